The fraction of sp³-hybridized carbons (Fsp3) is 0.320. The van der Waals surface area contributed by atoms with Crippen LogP contribution in [0.4, 0.5) is 17.6 Å². The zero-order chi connectivity index (χ0) is 23.8. The Morgan fingerprint density at radius 3 is 2.77 bits per heavy atom. The number of aryl methyl sites for hydroxylation is 1. The van der Waals surface area contributed by atoms with Gasteiger partial charge in [0.25, 0.3) is 0 Å². The van der Waals surface area contributed by atoms with Crippen LogP contribution in [0.2, 0.25) is 0 Å². The topological polar surface area (TPSA) is 110 Å². The number of hydrogen-bond donors (Lipinski definition) is 2. The molecule has 0 unspecified atom stereocenters. The number of rotatable bonds is 6. The van der Waals surface area contributed by atoms with E-state index in [4.69, 9.17) is 14.7 Å². The molecule has 0 atom stereocenters. The number of nitrogens with zero attached hydrogens (tertiary/aromatic N) is 7. The Kier molecular flexibility index (Phi) is 5.49. The summed E-state index contributed by atoms with van der Waals surface area (Å²) in [4.78, 5) is 28.2. The molecular weight excluding hydrogens is 442 g/mol. The molecule has 0 aliphatic carbocycles. The summed E-state index contributed by atoms with van der Waals surface area (Å²) in [6.07, 6.45) is 7.58. The third-order valence-corrected chi connectivity index (χ3v) is 6.61. The Balaban J connectivity index is 1.24. The average Bonchev–Trinajstić information content (AvgIpc) is 3.48. The van der Waals surface area contributed by atoms with Gasteiger partial charge in [-0.25, -0.2) is 19.9 Å². The zero-order valence-corrected chi connectivity index (χ0v) is 19.8. The number of hydrogen-bond acceptors (Lipinski definition) is 8. The van der Waals surface area contributed by atoms with Gasteiger partial charge in [-0.05, 0) is 43.5 Å². The number of pyridine rings is 1. The number of methoxy groups -OCH3 is 1. The number of nitrogens with one attached hydrogen (secondary N) is 2. The summed E-state index contributed by atoms with van der Waals surface area (Å²) in [5.74, 6) is 3.08. The van der Waals surface area contributed by atoms with Crippen LogP contribution in [-0.2, 0) is 11.3 Å². The number of piperidine rings is 1. The molecular formula is C25H27N9O. The molecule has 0 amide bonds. The van der Waals surface area contributed by atoms with E-state index in [1.807, 2.05) is 19.1 Å². The van der Waals surface area contributed by atoms with E-state index in [0.717, 1.165) is 65.3 Å². The van der Waals surface area contributed by atoms with E-state index in [1.54, 1.807) is 25.8 Å². The van der Waals surface area contributed by atoms with E-state index in [-0.39, 0.29) is 0 Å². The Labute approximate surface area is 202 Å². The fourth-order valence-electron chi connectivity index (χ4n) is 4.67. The summed E-state index contributed by atoms with van der Waals surface area (Å²) >= 11 is 0. The predicted molar refractivity (Wildman–Crippen MR) is 135 cm³/mol. The molecule has 2 N–H and O–H groups in total. The lowest BCUT2D eigenvalue weighted by molar-refractivity contribution is 0.0816. The average molecular weight is 470 g/mol. The van der Waals surface area contributed by atoms with Crippen molar-refractivity contribution in [2.24, 2.45) is 0 Å². The van der Waals surface area contributed by atoms with Crippen molar-refractivity contribution in [2.75, 3.05) is 30.4 Å². The Bertz CT molecular complexity index is 1480. The van der Waals surface area contributed by atoms with Crippen LogP contribution in [0.5, 0.6) is 0 Å². The van der Waals surface area contributed by atoms with Crippen molar-refractivity contribution in [3.05, 3.63) is 60.4 Å². The van der Waals surface area contributed by atoms with E-state index < -0.39 is 0 Å². The predicted octanol–water partition coefficient (Wildman–Crippen LogP) is 3.81. The van der Waals surface area contributed by atoms with Crippen LogP contribution in [0.1, 0.15) is 24.2 Å². The van der Waals surface area contributed by atoms with Crippen LogP contribution in [-0.4, -0.2) is 60.8 Å². The number of aromatic nitrogens is 7. The standard InChI is InChI=1S/C25H27N9O/c1-16-30-21-13-27-24(12-22(21)34(16)14-17-3-4-19-20(11-17)29-15-28-19)31-23-5-8-26-25(32-23)33-9-6-18(35-2)7-10-33/h3-5,8,11-13,15,18H,6-7,9-10,14H2,1-2H3,(H,28,29)(H,26,27,31,32). The molecule has 0 spiro atoms. The van der Waals surface area contributed by atoms with Crippen molar-refractivity contribution < 1.29 is 4.74 Å². The van der Waals surface area contributed by atoms with Gasteiger partial charge in [0, 0.05) is 39.0 Å². The minimum atomic E-state index is 0.318. The molecule has 6 rings (SSSR count). The highest BCUT2D eigenvalue weighted by Crippen LogP contribution is 2.24. The van der Waals surface area contributed by atoms with E-state index in [2.05, 4.69) is 52.9 Å². The Hall–Kier alpha value is -4.05. The summed E-state index contributed by atoms with van der Waals surface area (Å²) in [5, 5.41) is 3.35. The van der Waals surface area contributed by atoms with Crippen molar-refractivity contribution in [3.63, 3.8) is 0 Å². The molecule has 1 aliphatic rings. The molecule has 1 fully saturated rings. The van der Waals surface area contributed by atoms with Crippen molar-refractivity contribution in [1.29, 1.82) is 0 Å². The summed E-state index contributed by atoms with van der Waals surface area (Å²) in [6.45, 7) is 4.48. The van der Waals surface area contributed by atoms with Crippen LogP contribution < -0.4 is 10.2 Å². The van der Waals surface area contributed by atoms with Crippen LogP contribution in [0.25, 0.3) is 22.1 Å². The van der Waals surface area contributed by atoms with Crippen LogP contribution >= 0.6 is 0 Å². The number of ether oxygens (including phenoxy) is 1. The van der Waals surface area contributed by atoms with E-state index in [9.17, 15) is 0 Å². The lowest BCUT2D eigenvalue weighted by Gasteiger charge is -2.31. The number of anilines is 3. The molecule has 35 heavy (non-hydrogen) atoms. The fourth-order valence-corrected chi connectivity index (χ4v) is 4.67. The summed E-state index contributed by atoms with van der Waals surface area (Å²) < 4.78 is 7.67. The van der Waals surface area contributed by atoms with E-state index >= 15 is 0 Å². The largest absolute Gasteiger partial charge is 0.381 e. The van der Waals surface area contributed by atoms with Crippen molar-refractivity contribution in [1.82, 2.24) is 34.5 Å². The van der Waals surface area contributed by atoms with Gasteiger partial charge in [-0.1, -0.05) is 6.07 Å². The Morgan fingerprint density at radius 1 is 1.03 bits per heavy atom. The lowest BCUT2D eigenvalue weighted by atomic mass is 10.1. The second-order valence-electron chi connectivity index (χ2n) is 8.85. The molecule has 10 nitrogen and oxygen atoms in total. The van der Waals surface area contributed by atoms with Crippen LogP contribution in [0, 0.1) is 6.92 Å². The third kappa shape index (κ3) is 4.28. The number of fused-ring (bicyclic) bond motifs is 2. The first-order chi connectivity index (χ1) is 17.2. The van der Waals surface area contributed by atoms with Gasteiger partial charge in [-0.3, -0.25) is 0 Å². The van der Waals surface area contributed by atoms with Gasteiger partial charge in [0.2, 0.25) is 5.95 Å². The SMILES string of the molecule is COC1CCN(c2nccc(Nc3cc4c(cn3)nc(C)n4Cc3ccc4[nH]cnc4c3)n2)CC1. The van der Waals surface area contributed by atoms with Crippen molar-refractivity contribution >= 4 is 39.7 Å². The normalized spacial score (nSPS) is 14.7. The van der Waals surface area contributed by atoms with E-state index in [0.29, 0.717) is 24.3 Å². The minimum absolute atomic E-state index is 0.318. The molecule has 1 aliphatic heterocycles. The van der Waals surface area contributed by atoms with Crippen LogP contribution in [0.15, 0.2) is 49.1 Å². The molecule has 5 aromatic rings. The van der Waals surface area contributed by atoms with Gasteiger partial charge < -0.3 is 24.5 Å². The highest BCUT2D eigenvalue weighted by atomic mass is 16.5. The number of imidazole rings is 2. The smallest absolute Gasteiger partial charge is 0.227 e. The second-order valence-corrected chi connectivity index (χ2v) is 8.85. The first kappa shape index (κ1) is 21.5. The number of aromatic amines is 1. The Morgan fingerprint density at radius 2 is 1.91 bits per heavy atom. The summed E-state index contributed by atoms with van der Waals surface area (Å²) in [6, 6.07) is 10.2. The maximum Gasteiger partial charge on any atom is 0.227 e. The molecule has 1 aromatic carbocycles. The lowest BCUT2D eigenvalue weighted by Crippen LogP contribution is -2.37. The molecule has 1 saturated heterocycles. The number of benzene rings is 1. The molecule has 4 aromatic heterocycles. The zero-order valence-electron chi connectivity index (χ0n) is 19.8. The molecule has 0 saturated carbocycles. The first-order valence-electron chi connectivity index (χ1n) is 11.8. The molecule has 5 heterocycles. The minimum Gasteiger partial charge on any atom is -0.381 e. The number of H-pyrrole nitrogens is 1. The van der Waals surface area contributed by atoms with Gasteiger partial charge in [-0.2, -0.15) is 4.98 Å². The monoisotopic (exact) mass is 469 g/mol. The molecule has 10 heteroatoms. The molecule has 0 bridgehead atoms. The maximum atomic E-state index is 5.48. The van der Waals surface area contributed by atoms with Crippen LogP contribution in [0.3, 0.4) is 0 Å². The second kappa shape index (κ2) is 8.95. The van der Waals surface area contributed by atoms with Gasteiger partial charge in [0.05, 0.1) is 35.2 Å². The maximum absolute atomic E-state index is 5.48. The van der Waals surface area contributed by atoms with Gasteiger partial charge in [0.1, 0.15) is 23.0 Å². The van der Waals surface area contributed by atoms with Gasteiger partial charge in [-0.15, -0.1) is 0 Å². The van der Waals surface area contributed by atoms with Crippen molar-refractivity contribution in [3.8, 4) is 0 Å². The van der Waals surface area contributed by atoms with E-state index in [1.165, 1.54) is 0 Å². The summed E-state index contributed by atoms with van der Waals surface area (Å²) in [5.41, 5.74) is 5.02. The van der Waals surface area contributed by atoms with Gasteiger partial charge >= 0.3 is 0 Å². The molecule has 0 radical (unpaired) electrons. The third-order valence-electron chi connectivity index (χ3n) is 6.61. The quantitative estimate of drug-likeness (QED) is 0.386. The highest BCUT2D eigenvalue weighted by Gasteiger charge is 2.21. The van der Waals surface area contributed by atoms with Gasteiger partial charge in [0.15, 0.2) is 0 Å². The summed E-state index contributed by atoms with van der Waals surface area (Å²) in [7, 11) is 1.77. The highest BCUT2D eigenvalue weighted by molar-refractivity contribution is 5.79. The first-order valence-corrected chi connectivity index (χ1v) is 11.8. The van der Waals surface area contributed by atoms with Crippen molar-refractivity contribution in [2.45, 2.75) is 32.4 Å². The molecule has 178 valence electrons.